The zero-order valence-electron chi connectivity index (χ0n) is 18.7. The number of fused-ring (bicyclic) bond motifs is 1. The van der Waals surface area contributed by atoms with Gasteiger partial charge in [0.15, 0.2) is 5.78 Å². The Bertz CT molecular complexity index is 1340. The predicted molar refractivity (Wildman–Crippen MR) is 124 cm³/mol. The summed E-state index contributed by atoms with van der Waals surface area (Å²) < 4.78 is 24.3. The van der Waals surface area contributed by atoms with Crippen LogP contribution in [0.3, 0.4) is 0 Å². The highest BCUT2D eigenvalue weighted by atomic mass is 19.1. The fraction of sp³-hybridized carbons (Fsp3) is 0.200. The third-order valence-corrected chi connectivity index (χ3v) is 5.29. The van der Waals surface area contributed by atoms with Crippen molar-refractivity contribution >= 4 is 28.3 Å². The highest BCUT2D eigenvalue weighted by Crippen LogP contribution is 2.30. The first kappa shape index (κ1) is 22.9. The minimum atomic E-state index is -0.954. The van der Waals surface area contributed by atoms with Crippen molar-refractivity contribution in [2.45, 2.75) is 19.4 Å². The lowest BCUT2D eigenvalue weighted by atomic mass is 9.96. The highest BCUT2D eigenvalue weighted by Gasteiger charge is 2.26. The maximum Gasteiger partial charge on any atom is 0.310 e. The highest BCUT2D eigenvalue weighted by molar-refractivity contribution is 6.12. The van der Waals surface area contributed by atoms with Crippen LogP contribution in [0, 0.1) is 5.82 Å². The normalized spacial score (nSPS) is 11.7. The molecule has 174 valence electrons. The molecule has 0 aliphatic carbocycles. The van der Waals surface area contributed by atoms with Gasteiger partial charge in [-0.15, -0.1) is 0 Å². The van der Waals surface area contributed by atoms with Crippen molar-refractivity contribution in [1.29, 1.82) is 0 Å². The van der Waals surface area contributed by atoms with E-state index in [4.69, 9.17) is 9.47 Å². The number of para-hydroxylation sites is 1. The molecular weight excluding hydrogens is 439 g/mol. The number of esters is 1. The molecule has 0 spiro atoms. The van der Waals surface area contributed by atoms with Crippen molar-refractivity contribution in [1.82, 2.24) is 15.0 Å². The SMILES string of the molecule is CCOC(=O)Cc1cccc2c(C(=O)C(Nc3cncc(OC)c3)c3cncc(F)c3)c[nH]c12. The van der Waals surface area contributed by atoms with Crippen molar-refractivity contribution in [2.24, 2.45) is 0 Å². The molecule has 0 radical (unpaired) electrons. The number of carbonyl (C=O) groups excluding carboxylic acids is 2. The second-order valence-electron chi connectivity index (χ2n) is 7.52. The number of aromatic nitrogens is 3. The van der Waals surface area contributed by atoms with Gasteiger partial charge < -0.3 is 19.8 Å². The van der Waals surface area contributed by atoms with E-state index in [-0.39, 0.29) is 24.8 Å². The number of halogens is 1. The number of nitrogens with zero attached hydrogens (tertiary/aromatic N) is 2. The Morgan fingerprint density at radius 3 is 2.74 bits per heavy atom. The lowest BCUT2D eigenvalue weighted by Gasteiger charge is -2.19. The van der Waals surface area contributed by atoms with E-state index in [1.807, 2.05) is 0 Å². The number of pyridine rings is 2. The van der Waals surface area contributed by atoms with Crippen LogP contribution in [0.1, 0.15) is 34.5 Å². The molecule has 0 aliphatic heterocycles. The molecule has 34 heavy (non-hydrogen) atoms. The lowest BCUT2D eigenvalue weighted by Crippen LogP contribution is -2.21. The minimum absolute atomic E-state index is 0.0737. The molecule has 0 fully saturated rings. The number of nitrogens with one attached hydrogen (secondary N) is 2. The summed E-state index contributed by atoms with van der Waals surface area (Å²) in [5.41, 5.74) is 2.63. The summed E-state index contributed by atoms with van der Waals surface area (Å²) in [6.45, 7) is 2.04. The summed E-state index contributed by atoms with van der Waals surface area (Å²) in [5.74, 6) is -0.719. The number of Topliss-reactive ketones (excluding diaryl/α,β-unsaturated/α-hetero) is 1. The Balaban J connectivity index is 1.73. The molecule has 0 saturated carbocycles. The quantitative estimate of drug-likeness (QED) is 0.283. The maximum absolute atomic E-state index is 14.0. The Morgan fingerprint density at radius 1 is 1.15 bits per heavy atom. The van der Waals surface area contributed by atoms with Crippen LogP contribution in [0.25, 0.3) is 10.9 Å². The van der Waals surface area contributed by atoms with E-state index in [9.17, 15) is 14.0 Å². The molecule has 3 aromatic heterocycles. The summed E-state index contributed by atoms with van der Waals surface area (Å²) in [6, 6.07) is 7.37. The van der Waals surface area contributed by atoms with Crippen LogP contribution in [0.15, 0.2) is 61.3 Å². The van der Waals surface area contributed by atoms with Gasteiger partial charge in [0, 0.05) is 40.5 Å². The fourth-order valence-corrected chi connectivity index (χ4v) is 3.75. The van der Waals surface area contributed by atoms with Gasteiger partial charge in [-0.05, 0) is 18.6 Å². The van der Waals surface area contributed by atoms with Gasteiger partial charge >= 0.3 is 5.97 Å². The number of ketones is 1. The molecule has 0 saturated heterocycles. The number of hydrogen-bond donors (Lipinski definition) is 2. The number of ether oxygens (including phenoxy) is 2. The summed E-state index contributed by atoms with van der Waals surface area (Å²) >= 11 is 0. The summed E-state index contributed by atoms with van der Waals surface area (Å²) in [4.78, 5) is 36.9. The monoisotopic (exact) mass is 462 g/mol. The second-order valence-corrected chi connectivity index (χ2v) is 7.52. The molecule has 8 nitrogen and oxygen atoms in total. The van der Waals surface area contributed by atoms with Gasteiger partial charge in [-0.2, -0.15) is 0 Å². The Labute approximate surface area is 195 Å². The molecule has 3 heterocycles. The van der Waals surface area contributed by atoms with Gasteiger partial charge in [0.05, 0.1) is 44.4 Å². The van der Waals surface area contributed by atoms with Crippen LogP contribution in [-0.4, -0.2) is 40.4 Å². The first-order valence-electron chi connectivity index (χ1n) is 10.6. The van der Waals surface area contributed by atoms with Crippen LogP contribution in [0.5, 0.6) is 5.75 Å². The zero-order valence-corrected chi connectivity index (χ0v) is 18.7. The number of benzene rings is 1. The molecule has 1 unspecified atom stereocenters. The Hall–Kier alpha value is -4.27. The van der Waals surface area contributed by atoms with Crippen LogP contribution in [0.2, 0.25) is 0 Å². The molecule has 9 heteroatoms. The molecule has 1 aromatic carbocycles. The van der Waals surface area contributed by atoms with E-state index in [0.717, 1.165) is 6.20 Å². The van der Waals surface area contributed by atoms with Crippen LogP contribution in [0.4, 0.5) is 10.1 Å². The number of anilines is 1. The standard InChI is InChI=1S/C25H23FN4O4/c1-3-34-22(31)8-15-5-4-6-20-21(14-29-23(15)20)25(32)24(16-7-17(26)11-27-10-16)30-18-9-19(33-2)13-28-12-18/h4-7,9-14,24,29-30H,3,8H2,1-2H3. The fourth-order valence-electron chi connectivity index (χ4n) is 3.75. The molecule has 0 bridgehead atoms. The average Bonchev–Trinajstić information content (AvgIpc) is 3.28. The third kappa shape index (κ3) is 4.88. The van der Waals surface area contributed by atoms with Gasteiger partial charge in [0.2, 0.25) is 0 Å². The van der Waals surface area contributed by atoms with E-state index in [2.05, 4.69) is 20.3 Å². The predicted octanol–water partition coefficient (Wildman–Crippen LogP) is 4.25. The molecule has 4 rings (SSSR count). The van der Waals surface area contributed by atoms with Crippen LogP contribution in [-0.2, 0) is 16.0 Å². The molecule has 2 N–H and O–H groups in total. The summed E-state index contributed by atoms with van der Waals surface area (Å²) in [7, 11) is 1.51. The molecular formula is C25H23FN4O4. The Morgan fingerprint density at radius 2 is 1.97 bits per heavy atom. The van der Waals surface area contributed by atoms with Gasteiger partial charge in [-0.25, -0.2) is 4.39 Å². The van der Waals surface area contributed by atoms with Crippen LogP contribution >= 0.6 is 0 Å². The van der Waals surface area contributed by atoms with E-state index in [0.29, 0.717) is 39.0 Å². The van der Waals surface area contributed by atoms with Gasteiger partial charge in [0.1, 0.15) is 17.6 Å². The van der Waals surface area contributed by atoms with Gasteiger partial charge in [-0.1, -0.05) is 18.2 Å². The van der Waals surface area contributed by atoms with Crippen molar-refractivity contribution in [2.75, 3.05) is 19.0 Å². The minimum Gasteiger partial charge on any atom is -0.495 e. The topological polar surface area (TPSA) is 106 Å². The number of aromatic amines is 1. The zero-order chi connectivity index (χ0) is 24.1. The number of methoxy groups -OCH3 is 1. The van der Waals surface area contributed by atoms with Crippen LogP contribution < -0.4 is 10.1 Å². The largest absolute Gasteiger partial charge is 0.495 e. The van der Waals surface area contributed by atoms with E-state index in [1.54, 1.807) is 43.6 Å². The first-order valence-corrected chi connectivity index (χ1v) is 10.6. The van der Waals surface area contributed by atoms with E-state index in [1.165, 1.54) is 25.6 Å². The number of rotatable bonds is 9. The first-order chi connectivity index (χ1) is 16.5. The molecule has 0 amide bonds. The van der Waals surface area contributed by atoms with Crippen molar-refractivity contribution < 1.29 is 23.5 Å². The smallest absolute Gasteiger partial charge is 0.310 e. The Kier molecular flexibility index (Phi) is 6.82. The maximum atomic E-state index is 14.0. The van der Waals surface area contributed by atoms with Crippen molar-refractivity contribution in [3.05, 3.63) is 83.8 Å². The average molecular weight is 462 g/mol. The van der Waals surface area contributed by atoms with E-state index >= 15 is 0 Å². The molecule has 1 atom stereocenters. The number of hydrogen-bond acceptors (Lipinski definition) is 7. The van der Waals surface area contributed by atoms with Crippen molar-refractivity contribution in [3.8, 4) is 5.75 Å². The van der Waals surface area contributed by atoms with Crippen molar-refractivity contribution in [3.63, 3.8) is 0 Å². The summed E-state index contributed by atoms with van der Waals surface area (Å²) in [6.07, 6.45) is 7.26. The molecule has 4 aromatic rings. The van der Waals surface area contributed by atoms with Gasteiger partial charge in [0.25, 0.3) is 0 Å². The number of carbonyl (C=O) groups is 2. The lowest BCUT2D eigenvalue weighted by molar-refractivity contribution is -0.142. The van der Waals surface area contributed by atoms with E-state index < -0.39 is 11.9 Å². The number of H-pyrrole nitrogens is 1. The summed E-state index contributed by atoms with van der Waals surface area (Å²) in [5, 5.41) is 3.77. The molecule has 0 aliphatic rings. The third-order valence-electron chi connectivity index (χ3n) is 5.29. The van der Waals surface area contributed by atoms with Gasteiger partial charge in [-0.3, -0.25) is 19.6 Å². The second kappa shape index (κ2) is 10.1.